The molecular formula is C26H26N4O2. The summed E-state index contributed by atoms with van der Waals surface area (Å²) < 4.78 is 7.18. The Kier molecular flexibility index (Phi) is 6.60. The molecular weight excluding hydrogens is 400 g/mol. The molecule has 0 aliphatic rings. The molecule has 0 spiro atoms. The first-order chi connectivity index (χ1) is 15.6. The number of amides is 1. The minimum absolute atomic E-state index is 0.00441. The van der Waals surface area contributed by atoms with Crippen LogP contribution in [-0.4, -0.2) is 34.3 Å². The predicted octanol–water partition coefficient (Wildman–Crippen LogP) is 4.29. The Morgan fingerprint density at radius 3 is 2.56 bits per heavy atom. The van der Waals surface area contributed by atoms with E-state index in [4.69, 9.17) is 9.84 Å². The van der Waals surface area contributed by atoms with Crippen molar-refractivity contribution < 1.29 is 9.53 Å². The Bertz CT molecular complexity index is 1180. The van der Waals surface area contributed by atoms with Crippen LogP contribution in [0.25, 0.3) is 22.5 Å². The van der Waals surface area contributed by atoms with Crippen LogP contribution >= 0.6 is 0 Å². The van der Waals surface area contributed by atoms with Crippen molar-refractivity contribution in [2.24, 2.45) is 0 Å². The van der Waals surface area contributed by atoms with Gasteiger partial charge in [-0.05, 0) is 60.5 Å². The Labute approximate surface area is 187 Å². The van der Waals surface area contributed by atoms with Crippen molar-refractivity contribution >= 4 is 5.91 Å². The number of methoxy groups -OCH3 is 1. The number of carbonyl (C=O) groups excluding carboxylic acids is 1. The van der Waals surface area contributed by atoms with E-state index in [2.05, 4.69) is 10.3 Å². The maximum Gasteiger partial charge on any atom is 0.224 e. The van der Waals surface area contributed by atoms with Crippen LogP contribution in [-0.2, 0) is 17.8 Å². The molecule has 0 saturated heterocycles. The number of hydrogen-bond donors (Lipinski definition) is 1. The fourth-order valence-electron chi connectivity index (χ4n) is 3.58. The monoisotopic (exact) mass is 426 g/mol. The third kappa shape index (κ3) is 5.03. The van der Waals surface area contributed by atoms with E-state index in [-0.39, 0.29) is 5.91 Å². The van der Waals surface area contributed by atoms with Gasteiger partial charge in [-0.3, -0.25) is 14.5 Å². The minimum Gasteiger partial charge on any atom is -0.497 e. The highest BCUT2D eigenvalue weighted by atomic mass is 16.5. The number of ether oxygens (including phenoxy) is 1. The maximum atomic E-state index is 12.4. The van der Waals surface area contributed by atoms with E-state index >= 15 is 0 Å². The second-order valence-corrected chi connectivity index (χ2v) is 7.56. The molecule has 4 rings (SSSR count). The fourth-order valence-corrected chi connectivity index (χ4v) is 3.58. The number of aromatic nitrogens is 3. The van der Waals surface area contributed by atoms with Crippen molar-refractivity contribution in [3.05, 3.63) is 90.3 Å². The molecule has 0 bridgehead atoms. The number of nitrogens with zero attached hydrogens (tertiary/aromatic N) is 3. The van der Waals surface area contributed by atoms with E-state index in [0.717, 1.165) is 39.4 Å². The predicted molar refractivity (Wildman–Crippen MR) is 125 cm³/mol. The first-order valence-corrected chi connectivity index (χ1v) is 10.6. The first-order valence-electron chi connectivity index (χ1n) is 10.6. The molecule has 32 heavy (non-hydrogen) atoms. The van der Waals surface area contributed by atoms with E-state index < -0.39 is 0 Å². The highest BCUT2D eigenvalue weighted by molar-refractivity contribution is 5.78. The zero-order chi connectivity index (χ0) is 22.3. The molecule has 0 radical (unpaired) electrons. The van der Waals surface area contributed by atoms with Gasteiger partial charge in [0.15, 0.2) is 0 Å². The number of rotatable bonds is 8. The van der Waals surface area contributed by atoms with Crippen molar-refractivity contribution in [2.75, 3.05) is 13.7 Å². The Hall–Kier alpha value is -3.93. The zero-order valence-electron chi connectivity index (χ0n) is 18.3. The van der Waals surface area contributed by atoms with Crippen molar-refractivity contribution in [3.8, 4) is 28.3 Å². The number of nitrogens with one attached hydrogen (secondary N) is 1. The number of carbonyl (C=O) groups is 1. The summed E-state index contributed by atoms with van der Waals surface area (Å²) in [7, 11) is 1.65. The van der Waals surface area contributed by atoms with Crippen molar-refractivity contribution in [2.45, 2.75) is 19.9 Å². The van der Waals surface area contributed by atoms with Gasteiger partial charge in [0, 0.05) is 30.1 Å². The molecule has 0 unspecified atom stereocenters. The molecule has 4 aromatic rings. The van der Waals surface area contributed by atoms with Crippen LogP contribution < -0.4 is 10.1 Å². The lowest BCUT2D eigenvalue weighted by Gasteiger charge is -2.10. The van der Waals surface area contributed by atoms with Crippen LogP contribution in [0.3, 0.4) is 0 Å². The summed E-state index contributed by atoms with van der Waals surface area (Å²) in [5, 5.41) is 7.82. The lowest BCUT2D eigenvalue weighted by atomic mass is 10.1. The molecule has 0 aliphatic heterocycles. The molecule has 0 saturated carbocycles. The standard InChI is InChI=1S/C26H26N4O2/c1-19-6-3-4-7-21(19)16-26(31)28-14-15-30-25(22-8-5-13-27-18-22)17-24(29-30)20-9-11-23(32-2)12-10-20/h3-13,17-18H,14-16H2,1-2H3,(H,28,31). The van der Waals surface area contributed by atoms with Crippen molar-refractivity contribution in [3.63, 3.8) is 0 Å². The number of pyridine rings is 1. The number of aryl methyl sites for hydroxylation is 1. The second kappa shape index (κ2) is 9.92. The minimum atomic E-state index is 0.00441. The van der Waals surface area contributed by atoms with Gasteiger partial charge in [-0.2, -0.15) is 5.10 Å². The average Bonchev–Trinajstić information content (AvgIpc) is 3.25. The number of hydrogen-bond acceptors (Lipinski definition) is 4. The van der Waals surface area contributed by atoms with E-state index in [1.165, 1.54) is 0 Å². The topological polar surface area (TPSA) is 69.0 Å². The summed E-state index contributed by atoms with van der Waals surface area (Å²) in [5.41, 5.74) is 5.96. The Morgan fingerprint density at radius 2 is 1.84 bits per heavy atom. The molecule has 0 fully saturated rings. The van der Waals surface area contributed by atoms with Gasteiger partial charge in [0.25, 0.3) is 0 Å². The summed E-state index contributed by atoms with van der Waals surface area (Å²) in [6.45, 7) is 3.06. The summed E-state index contributed by atoms with van der Waals surface area (Å²) in [6, 6.07) is 21.7. The van der Waals surface area contributed by atoms with E-state index in [1.54, 1.807) is 13.3 Å². The molecule has 2 aromatic carbocycles. The van der Waals surface area contributed by atoms with Crippen molar-refractivity contribution in [1.29, 1.82) is 0 Å². The Morgan fingerprint density at radius 1 is 1.03 bits per heavy atom. The second-order valence-electron chi connectivity index (χ2n) is 7.56. The fraction of sp³-hybridized carbons (Fsp3) is 0.192. The highest BCUT2D eigenvalue weighted by Crippen LogP contribution is 2.27. The molecule has 0 aliphatic carbocycles. The van der Waals surface area contributed by atoms with Gasteiger partial charge >= 0.3 is 0 Å². The van der Waals surface area contributed by atoms with Gasteiger partial charge in [-0.1, -0.05) is 24.3 Å². The van der Waals surface area contributed by atoms with Gasteiger partial charge < -0.3 is 10.1 Å². The van der Waals surface area contributed by atoms with Gasteiger partial charge in [0.1, 0.15) is 5.75 Å². The molecule has 0 atom stereocenters. The summed E-state index contributed by atoms with van der Waals surface area (Å²) in [4.78, 5) is 16.7. The van der Waals surface area contributed by atoms with Crippen molar-refractivity contribution in [1.82, 2.24) is 20.1 Å². The van der Waals surface area contributed by atoms with Gasteiger partial charge in [0.05, 0.1) is 31.5 Å². The van der Waals surface area contributed by atoms with Crippen LogP contribution in [0, 0.1) is 6.92 Å². The lowest BCUT2D eigenvalue weighted by Crippen LogP contribution is -2.29. The molecule has 2 aromatic heterocycles. The van der Waals surface area contributed by atoms with Crippen LogP contribution in [0.15, 0.2) is 79.1 Å². The largest absolute Gasteiger partial charge is 0.497 e. The average molecular weight is 427 g/mol. The van der Waals surface area contributed by atoms with Crippen LogP contribution in [0.2, 0.25) is 0 Å². The van der Waals surface area contributed by atoms with Gasteiger partial charge in [0.2, 0.25) is 5.91 Å². The molecule has 162 valence electrons. The molecule has 2 heterocycles. The summed E-state index contributed by atoms with van der Waals surface area (Å²) >= 11 is 0. The van der Waals surface area contributed by atoms with E-state index in [0.29, 0.717) is 19.5 Å². The zero-order valence-corrected chi connectivity index (χ0v) is 18.3. The molecule has 6 nitrogen and oxygen atoms in total. The molecule has 1 amide bonds. The Balaban J connectivity index is 1.49. The SMILES string of the molecule is COc1ccc(-c2cc(-c3cccnc3)n(CCNC(=O)Cc3ccccc3C)n2)cc1. The molecule has 1 N–H and O–H groups in total. The number of benzene rings is 2. The third-order valence-corrected chi connectivity index (χ3v) is 5.38. The third-order valence-electron chi connectivity index (χ3n) is 5.38. The quantitative estimate of drug-likeness (QED) is 0.456. The summed E-state index contributed by atoms with van der Waals surface area (Å²) in [5.74, 6) is 0.807. The summed E-state index contributed by atoms with van der Waals surface area (Å²) in [6.07, 6.45) is 3.95. The molecule has 6 heteroatoms. The maximum absolute atomic E-state index is 12.4. The lowest BCUT2D eigenvalue weighted by molar-refractivity contribution is -0.120. The van der Waals surface area contributed by atoms with Gasteiger partial charge in [-0.15, -0.1) is 0 Å². The smallest absolute Gasteiger partial charge is 0.224 e. The van der Waals surface area contributed by atoms with Crippen LogP contribution in [0.1, 0.15) is 11.1 Å². The van der Waals surface area contributed by atoms with E-state index in [9.17, 15) is 4.79 Å². The normalized spacial score (nSPS) is 10.7. The van der Waals surface area contributed by atoms with E-state index in [1.807, 2.05) is 84.5 Å². The van der Waals surface area contributed by atoms with Crippen LogP contribution in [0.4, 0.5) is 0 Å². The van der Waals surface area contributed by atoms with Gasteiger partial charge in [-0.25, -0.2) is 0 Å². The highest BCUT2D eigenvalue weighted by Gasteiger charge is 2.13. The first kappa shape index (κ1) is 21.3. The van der Waals surface area contributed by atoms with Crippen LogP contribution in [0.5, 0.6) is 5.75 Å².